The van der Waals surface area contributed by atoms with E-state index in [0.717, 1.165) is 0 Å². The van der Waals surface area contributed by atoms with E-state index >= 15 is 0 Å². The lowest BCUT2D eigenvalue weighted by atomic mass is 10.1. The van der Waals surface area contributed by atoms with Crippen LogP contribution in [0.4, 0.5) is 11.9 Å². The molecule has 0 aliphatic carbocycles. The van der Waals surface area contributed by atoms with Crippen LogP contribution < -0.4 is 10.2 Å². The van der Waals surface area contributed by atoms with Crippen molar-refractivity contribution in [3.63, 3.8) is 0 Å². The molecule has 0 aliphatic heterocycles. The molecule has 0 radical (unpaired) electrons. The van der Waals surface area contributed by atoms with Gasteiger partial charge in [-0.2, -0.15) is 24.7 Å². The summed E-state index contributed by atoms with van der Waals surface area (Å²) in [5, 5.41) is 16.7. The standard InChI is InChI=1S/C11H18N8O/c1-11(2,20)5-18(4)9-15-8(12-3)16-10(17-9)19-7-13-6-14-19/h6-7,20H,5H2,1-4H3,(H,12,15,16,17). The molecule has 0 atom stereocenters. The largest absolute Gasteiger partial charge is 0.389 e. The molecule has 0 spiro atoms. The zero-order valence-corrected chi connectivity index (χ0v) is 11.9. The van der Waals surface area contributed by atoms with Gasteiger partial charge in [-0.3, -0.25) is 0 Å². The van der Waals surface area contributed by atoms with Gasteiger partial charge < -0.3 is 15.3 Å². The highest BCUT2D eigenvalue weighted by atomic mass is 16.3. The molecule has 2 aromatic rings. The van der Waals surface area contributed by atoms with E-state index in [1.54, 1.807) is 32.8 Å². The molecule has 0 saturated heterocycles. The fraction of sp³-hybridized carbons (Fsp3) is 0.545. The molecule has 2 heterocycles. The molecule has 0 aromatic carbocycles. The number of nitrogens with zero attached hydrogens (tertiary/aromatic N) is 7. The molecule has 0 fully saturated rings. The first kappa shape index (κ1) is 14.1. The van der Waals surface area contributed by atoms with Crippen LogP contribution in [-0.4, -0.2) is 61.1 Å². The number of aliphatic hydroxyl groups is 1. The Hall–Kier alpha value is -2.29. The second-order valence-corrected chi connectivity index (χ2v) is 5.02. The molecule has 2 aromatic heterocycles. The third kappa shape index (κ3) is 3.38. The topological polar surface area (TPSA) is 105 Å². The summed E-state index contributed by atoms with van der Waals surface area (Å²) in [6.45, 7) is 3.83. The minimum absolute atomic E-state index is 0.361. The van der Waals surface area contributed by atoms with Gasteiger partial charge in [-0.05, 0) is 13.8 Å². The maximum Gasteiger partial charge on any atom is 0.258 e. The van der Waals surface area contributed by atoms with Crippen LogP contribution in [0, 0.1) is 0 Å². The molecule has 9 nitrogen and oxygen atoms in total. The molecular formula is C11H18N8O. The molecule has 2 rings (SSSR count). The minimum Gasteiger partial charge on any atom is -0.389 e. The predicted octanol–water partition coefficient (Wildman–Crippen LogP) is -0.299. The Morgan fingerprint density at radius 3 is 2.65 bits per heavy atom. The van der Waals surface area contributed by atoms with E-state index in [9.17, 15) is 5.11 Å². The van der Waals surface area contributed by atoms with Crippen molar-refractivity contribution in [2.75, 3.05) is 30.9 Å². The smallest absolute Gasteiger partial charge is 0.258 e. The molecule has 0 saturated carbocycles. The minimum atomic E-state index is -0.853. The number of hydrogen-bond donors (Lipinski definition) is 2. The zero-order valence-electron chi connectivity index (χ0n) is 11.9. The second kappa shape index (κ2) is 5.37. The van der Waals surface area contributed by atoms with Gasteiger partial charge in [0.2, 0.25) is 11.9 Å². The van der Waals surface area contributed by atoms with E-state index in [-0.39, 0.29) is 0 Å². The van der Waals surface area contributed by atoms with Crippen LogP contribution in [0.3, 0.4) is 0 Å². The zero-order chi connectivity index (χ0) is 14.8. The highest BCUT2D eigenvalue weighted by Gasteiger charge is 2.19. The molecule has 0 amide bonds. The van der Waals surface area contributed by atoms with Gasteiger partial charge in [0, 0.05) is 20.6 Å². The van der Waals surface area contributed by atoms with Gasteiger partial charge in [-0.1, -0.05) is 0 Å². The van der Waals surface area contributed by atoms with E-state index in [0.29, 0.717) is 24.4 Å². The summed E-state index contributed by atoms with van der Waals surface area (Å²) in [5.74, 6) is 1.22. The Morgan fingerprint density at radius 2 is 2.10 bits per heavy atom. The number of likely N-dealkylation sites (N-methyl/N-ethyl adjacent to an activating group) is 1. The van der Waals surface area contributed by atoms with Gasteiger partial charge in [0.25, 0.3) is 5.95 Å². The van der Waals surface area contributed by atoms with E-state index in [1.807, 2.05) is 0 Å². The SMILES string of the molecule is CNc1nc(N(C)CC(C)(C)O)nc(-n2cncn2)n1. The lowest BCUT2D eigenvalue weighted by Gasteiger charge is -2.25. The van der Waals surface area contributed by atoms with Gasteiger partial charge in [0.15, 0.2) is 0 Å². The summed E-state index contributed by atoms with van der Waals surface area (Å²) in [5.41, 5.74) is -0.853. The third-order valence-electron chi connectivity index (χ3n) is 2.42. The quantitative estimate of drug-likeness (QED) is 0.768. The first-order valence-corrected chi connectivity index (χ1v) is 6.11. The molecule has 0 aliphatic rings. The summed E-state index contributed by atoms with van der Waals surface area (Å²) in [7, 11) is 3.53. The fourth-order valence-corrected chi connectivity index (χ4v) is 1.70. The molecule has 0 unspecified atom stereocenters. The van der Waals surface area contributed by atoms with Gasteiger partial charge in [-0.15, -0.1) is 0 Å². The highest BCUT2D eigenvalue weighted by Crippen LogP contribution is 2.14. The average Bonchev–Trinajstić information content (AvgIpc) is 2.90. The van der Waals surface area contributed by atoms with Crippen LogP contribution in [0.1, 0.15) is 13.8 Å². The molecule has 20 heavy (non-hydrogen) atoms. The van der Waals surface area contributed by atoms with Crippen molar-refractivity contribution < 1.29 is 5.11 Å². The van der Waals surface area contributed by atoms with Crippen LogP contribution in [0.15, 0.2) is 12.7 Å². The summed E-state index contributed by atoms with van der Waals surface area (Å²) >= 11 is 0. The summed E-state index contributed by atoms with van der Waals surface area (Å²) < 4.78 is 1.45. The lowest BCUT2D eigenvalue weighted by Crippen LogP contribution is -2.37. The number of hydrogen-bond acceptors (Lipinski definition) is 8. The Bertz CT molecular complexity index is 562. The van der Waals surface area contributed by atoms with Crippen LogP contribution in [0.2, 0.25) is 0 Å². The maximum absolute atomic E-state index is 9.87. The molecule has 0 bridgehead atoms. The van der Waals surface area contributed by atoms with Crippen LogP contribution in [0.5, 0.6) is 0 Å². The van der Waals surface area contributed by atoms with Gasteiger partial charge in [0.05, 0.1) is 5.60 Å². The van der Waals surface area contributed by atoms with Crippen LogP contribution >= 0.6 is 0 Å². The first-order chi connectivity index (χ1) is 9.39. The van der Waals surface area contributed by atoms with Crippen molar-refractivity contribution in [1.29, 1.82) is 0 Å². The van der Waals surface area contributed by atoms with E-state index < -0.39 is 5.60 Å². The first-order valence-electron chi connectivity index (χ1n) is 6.11. The maximum atomic E-state index is 9.87. The van der Waals surface area contributed by atoms with Crippen LogP contribution in [-0.2, 0) is 0 Å². The Balaban J connectivity index is 2.36. The number of anilines is 2. The van der Waals surface area contributed by atoms with Crippen molar-refractivity contribution in [1.82, 2.24) is 29.7 Å². The summed E-state index contributed by atoms with van der Waals surface area (Å²) in [4.78, 5) is 18.4. The molecule has 108 valence electrons. The molecule has 9 heteroatoms. The average molecular weight is 278 g/mol. The van der Waals surface area contributed by atoms with Crippen molar-refractivity contribution in [2.24, 2.45) is 0 Å². The van der Waals surface area contributed by atoms with E-state index in [1.165, 1.54) is 17.3 Å². The predicted molar refractivity (Wildman–Crippen MR) is 73.9 cm³/mol. The number of rotatable bonds is 5. The summed E-state index contributed by atoms with van der Waals surface area (Å²) in [6, 6.07) is 0. The fourth-order valence-electron chi connectivity index (χ4n) is 1.70. The van der Waals surface area contributed by atoms with Crippen molar-refractivity contribution >= 4 is 11.9 Å². The Labute approximate surface area is 116 Å². The molecule has 2 N–H and O–H groups in total. The van der Waals surface area contributed by atoms with Crippen molar-refractivity contribution in [2.45, 2.75) is 19.4 Å². The number of aromatic nitrogens is 6. The van der Waals surface area contributed by atoms with Gasteiger partial charge >= 0.3 is 0 Å². The highest BCUT2D eigenvalue weighted by molar-refractivity contribution is 5.39. The Kier molecular flexibility index (Phi) is 3.79. The van der Waals surface area contributed by atoms with E-state index in [4.69, 9.17) is 0 Å². The normalized spacial score (nSPS) is 11.4. The van der Waals surface area contributed by atoms with Gasteiger partial charge in [0.1, 0.15) is 12.7 Å². The van der Waals surface area contributed by atoms with Crippen molar-refractivity contribution in [3.8, 4) is 5.95 Å². The third-order valence-corrected chi connectivity index (χ3v) is 2.42. The summed E-state index contributed by atoms with van der Waals surface area (Å²) in [6.07, 6.45) is 2.91. The van der Waals surface area contributed by atoms with E-state index in [2.05, 4.69) is 30.4 Å². The molecular weight excluding hydrogens is 260 g/mol. The van der Waals surface area contributed by atoms with Crippen LogP contribution in [0.25, 0.3) is 5.95 Å². The van der Waals surface area contributed by atoms with Gasteiger partial charge in [-0.25, -0.2) is 4.98 Å². The number of nitrogens with one attached hydrogen (secondary N) is 1. The van der Waals surface area contributed by atoms with Crippen molar-refractivity contribution in [3.05, 3.63) is 12.7 Å². The lowest BCUT2D eigenvalue weighted by molar-refractivity contribution is 0.0882. The monoisotopic (exact) mass is 278 g/mol. The second-order valence-electron chi connectivity index (χ2n) is 5.02. The Morgan fingerprint density at radius 1 is 1.35 bits per heavy atom.